The summed E-state index contributed by atoms with van der Waals surface area (Å²) in [6.07, 6.45) is 7.87. The molecule has 0 bridgehead atoms. The van der Waals surface area contributed by atoms with Gasteiger partial charge in [0.15, 0.2) is 0 Å². The Morgan fingerprint density at radius 3 is 1.83 bits per heavy atom. The van der Waals surface area contributed by atoms with Gasteiger partial charge in [0.1, 0.15) is 0 Å². The smallest absolute Gasteiger partial charge is 0.362 e. The molecule has 0 amide bonds. The van der Waals surface area contributed by atoms with Crippen molar-refractivity contribution < 1.29 is 0 Å². The fraction of sp³-hybridized carbons (Fsp3) is 0.200. The Morgan fingerprint density at radius 2 is 1.33 bits per heavy atom. The molecule has 2 heterocycles. The van der Waals surface area contributed by atoms with Crippen LogP contribution in [0.15, 0.2) is 24.8 Å². The molecule has 0 aliphatic carbocycles. The normalized spacial score (nSPS) is 27.2. The quantitative estimate of drug-likeness (QED) is 0.391. The molecule has 0 radical (unpaired) electrons. The topological polar surface area (TPSA) is 48.1 Å². The van der Waals surface area contributed by atoms with E-state index in [0.29, 0.717) is 0 Å². The van der Waals surface area contributed by atoms with Crippen LogP contribution < -0.4 is 19.9 Å². The lowest BCUT2D eigenvalue weighted by atomic mass is 11.0. The van der Waals surface area contributed by atoms with E-state index in [2.05, 4.69) is 41.8 Å². The predicted octanol–water partition coefficient (Wildman–Crippen LogP) is -0.201. The lowest BCUT2D eigenvalue weighted by Crippen LogP contribution is -2.79. The zero-order chi connectivity index (χ0) is 8.66. The van der Waals surface area contributed by atoms with Gasteiger partial charge in [0.2, 0.25) is 0 Å². The summed E-state index contributed by atoms with van der Waals surface area (Å²) in [4.78, 5) is 13.6. The van der Waals surface area contributed by atoms with Gasteiger partial charge in [-0.2, -0.15) is 0 Å². The first-order chi connectivity index (χ1) is 5.66. The molecule has 4 N–H and O–H groups in total. The lowest BCUT2D eigenvalue weighted by molar-refractivity contribution is 1.20. The second-order valence-electron chi connectivity index (χ2n) is 3.03. The molecule has 2 aliphatic rings. The minimum absolute atomic E-state index is 1.62. The van der Waals surface area contributed by atoms with Crippen LogP contribution in [0.3, 0.4) is 0 Å². The minimum atomic E-state index is -1.72. The minimum Gasteiger partial charge on any atom is -0.398 e. The summed E-state index contributed by atoms with van der Waals surface area (Å²) in [6.45, 7) is 0.529. The molecular weight excluding hydrogens is 252 g/mol. The van der Waals surface area contributed by atoms with Crippen LogP contribution in [0, 0.1) is 0 Å². The maximum absolute atomic E-state index is 3.78. The zero-order valence-electron chi connectivity index (χ0n) is 6.69. The van der Waals surface area contributed by atoms with Gasteiger partial charge in [-0.1, -0.05) is 15.3 Å². The Morgan fingerprint density at radius 1 is 0.917 bits per heavy atom. The number of nitrogens with one attached hydrogen (secondary N) is 4. The third-order valence-corrected chi connectivity index (χ3v) is 20.5. The molecule has 0 fully saturated rings. The maximum atomic E-state index is 3.78. The largest absolute Gasteiger partial charge is 0.398 e. The van der Waals surface area contributed by atoms with Crippen LogP contribution in [-0.2, 0) is 0 Å². The molecule has 4 nitrogen and oxygen atoms in total. The molecular formula is C5H11BrN4Si2. The zero-order valence-corrected chi connectivity index (χ0v) is 10.3. The summed E-state index contributed by atoms with van der Waals surface area (Å²) >= 11 is 3.78. The Labute approximate surface area is 81.2 Å². The highest BCUT2D eigenvalue weighted by Crippen LogP contribution is 2.19. The highest BCUT2D eigenvalue weighted by Gasteiger charge is 2.56. The first kappa shape index (κ1) is 8.20. The van der Waals surface area contributed by atoms with Gasteiger partial charge < -0.3 is 19.9 Å². The third-order valence-electron chi connectivity index (χ3n) is 2.16. The molecule has 0 aromatic heterocycles. The van der Waals surface area contributed by atoms with Crippen molar-refractivity contribution in [3.05, 3.63) is 24.8 Å². The first-order valence-corrected chi connectivity index (χ1v) is 11.5. The van der Waals surface area contributed by atoms with E-state index in [0.717, 1.165) is 0 Å². The predicted molar refractivity (Wildman–Crippen MR) is 57.1 cm³/mol. The Bertz CT molecular complexity index is 212. The second kappa shape index (κ2) is 2.54. The van der Waals surface area contributed by atoms with Gasteiger partial charge in [-0.05, 0) is 6.55 Å². The molecule has 0 aromatic rings. The van der Waals surface area contributed by atoms with Gasteiger partial charge >= 0.3 is 14.4 Å². The Hall–Kier alpha value is -0.406. The molecule has 66 valence electrons. The van der Waals surface area contributed by atoms with E-state index in [4.69, 9.17) is 0 Å². The molecule has 12 heavy (non-hydrogen) atoms. The highest BCUT2D eigenvalue weighted by atomic mass is 79.9. The SMILES string of the molecule is C[Si]1([Si]2(Br)NC=CN2)NC=CN1. The van der Waals surface area contributed by atoms with Gasteiger partial charge in [0.25, 0.3) is 0 Å². The summed E-state index contributed by atoms with van der Waals surface area (Å²) in [5.74, 6) is 0. The fourth-order valence-electron chi connectivity index (χ4n) is 1.30. The van der Waals surface area contributed by atoms with E-state index in [-0.39, 0.29) is 0 Å². The number of halogens is 1. The molecule has 0 saturated heterocycles. The molecule has 7 heteroatoms. The standard InChI is InChI=1S/C5H11BrN4Si2/c1-11(7-2-3-8-11)12(6)9-4-5-10-12/h2-5,7-10H,1H3. The highest BCUT2D eigenvalue weighted by molar-refractivity contribution is 9.27. The monoisotopic (exact) mass is 262 g/mol. The molecule has 0 atom stereocenters. The molecule has 2 rings (SSSR count). The summed E-state index contributed by atoms with van der Waals surface area (Å²) in [5, 5.41) is 0. The van der Waals surface area contributed by atoms with E-state index in [1.165, 1.54) is 0 Å². The molecule has 0 saturated carbocycles. The maximum Gasteiger partial charge on any atom is 0.362 e. The van der Waals surface area contributed by atoms with Crippen LogP contribution in [-0.4, -0.2) is 14.4 Å². The van der Waals surface area contributed by atoms with E-state index < -0.39 is 14.4 Å². The van der Waals surface area contributed by atoms with Crippen LogP contribution in [0.5, 0.6) is 0 Å². The van der Waals surface area contributed by atoms with Crippen LogP contribution in [0.4, 0.5) is 0 Å². The van der Waals surface area contributed by atoms with Gasteiger partial charge in [0.05, 0.1) is 0 Å². The van der Waals surface area contributed by atoms with E-state index >= 15 is 0 Å². The van der Waals surface area contributed by atoms with E-state index in [1.54, 1.807) is 0 Å². The molecule has 0 unspecified atom stereocenters. The summed E-state index contributed by atoms with van der Waals surface area (Å²) in [7, 11) is -1.62. The van der Waals surface area contributed by atoms with E-state index in [1.807, 2.05) is 24.8 Å². The third kappa shape index (κ3) is 1.00. The van der Waals surface area contributed by atoms with Crippen molar-refractivity contribution in [3.8, 4) is 0 Å². The number of rotatable bonds is 1. The van der Waals surface area contributed by atoms with Crippen molar-refractivity contribution in [2.75, 3.05) is 0 Å². The van der Waals surface area contributed by atoms with Gasteiger partial charge in [-0.25, -0.2) is 0 Å². The molecule has 0 spiro atoms. The van der Waals surface area contributed by atoms with Crippen LogP contribution >= 0.6 is 15.3 Å². The second-order valence-corrected chi connectivity index (χ2v) is 18.8. The summed E-state index contributed by atoms with van der Waals surface area (Å²) in [6, 6.07) is 0. The fourth-order valence-corrected chi connectivity index (χ4v) is 10.7. The van der Waals surface area contributed by atoms with Crippen LogP contribution in [0.1, 0.15) is 0 Å². The Balaban J connectivity index is 2.17. The van der Waals surface area contributed by atoms with Crippen molar-refractivity contribution in [2.24, 2.45) is 0 Å². The van der Waals surface area contributed by atoms with Crippen molar-refractivity contribution in [2.45, 2.75) is 6.55 Å². The van der Waals surface area contributed by atoms with Crippen molar-refractivity contribution in [1.29, 1.82) is 0 Å². The Kier molecular flexibility index (Phi) is 1.74. The van der Waals surface area contributed by atoms with Crippen molar-refractivity contribution in [3.63, 3.8) is 0 Å². The first-order valence-electron chi connectivity index (χ1n) is 3.76. The van der Waals surface area contributed by atoms with Crippen molar-refractivity contribution in [1.82, 2.24) is 19.9 Å². The molecule has 0 aromatic carbocycles. The lowest BCUT2D eigenvalue weighted by Gasteiger charge is -2.34. The molecule has 2 aliphatic heterocycles. The van der Waals surface area contributed by atoms with Crippen LogP contribution in [0.2, 0.25) is 6.55 Å². The van der Waals surface area contributed by atoms with Gasteiger partial charge in [0, 0.05) is 24.8 Å². The van der Waals surface area contributed by atoms with Gasteiger partial charge in [-0.3, -0.25) is 0 Å². The van der Waals surface area contributed by atoms with Gasteiger partial charge in [-0.15, -0.1) is 0 Å². The number of hydrogen-bond acceptors (Lipinski definition) is 4. The van der Waals surface area contributed by atoms with Crippen molar-refractivity contribution >= 4 is 29.7 Å². The van der Waals surface area contributed by atoms with E-state index in [9.17, 15) is 0 Å². The summed E-state index contributed by atoms with van der Waals surface area (Å²) in [5.41, 5.74) is 0. The average Bonchev–Trinajstić information content (AvgIpc) is 2.60. The van der Waals surface area contributed by atoms with Crippen LogP contribution in [0.25, 0.3) is 0 Å². The average molecular weight is 263 g/mol. The summed E-state index contributed by atoms with van der Waals surface area (Å²) < 4.78 is 0. The number of hydrogen-bond donors (Lipinski definition) is 4.